The van der Waals surface area contributed by atoms with Crippen LogP contribution in [-0.2, 0) is 30.4 Å². The van der Waals surface area contributed by atoms with Gasteiger partial charge in [0.2, 0.25) is 0 Å². The van der Waals surface area contributed by atoms with Crippen LogP contribution in [0.5, 0.6) is 0 Å². The molecule has 1 aliphatic heterocycles. The minimum Gasteiger partial charge on any atom is -0.453 e. The fraction of sp³-hybridized carbons (Fsp3) is 0.484. The van der Waals surface area contributed by atoms with Crippen LogP contribution >= 0.6 is 0 Å². The molecule has 0 spiro atoms. The molecule has 1 saturated carbocycles. The van der Waals surface area contributed by atoms with Crippen LogP contribution in [0.15, 0.2) is 61.2 Å². The molecule has 1 heterocycles. The molecule has 210 valence electrons. The first-order chi connectivity index (χ1) is 18.9. The van der Waals surface area contributed by atoms with Gasteiger partial charge in [-0.15, -0.1) is 6.58 Å². The van der Waals surface area contributed by atoms with E-state index < -0.39 is 24.3 Å². The first-order valence-corrected chi connectivity index (χ1v) is 13.8. The summed E-state index contributed by atoms with van der Waals surface area (Å²) in [6.45, 7) is 8.37. The Morgan fingerprint density at radius 2 is 1.90 bits per heavy atom. The summed E-state index contributed by atoms with van der Waals surface area (Å²) in [6.07, 6.45) is 5.74. The van der Waals surface area contributed by atoms with Gasteiger partial charge in [0.25, 0.3) is 5.91 Å². The van der Waals surface area contributed by atoms with Crippen LogP contribution in [0.3, 0.4) is 0 Å². The Bertz CT molecular complexity index is 1110. The number of amides is 1. The van der Waals surface area contributed by atoms with E-state index in [1.165, 1.54) is 39.5 Å². The average molecular weight is 537 g/mol. The fourth-order valence-electron chi connectivity index (χ4n) is 5.41. The monoisotopic (exact) mass is 536 g/mol. The Balaban J connectivity index is 1.54. The van der Waals surface area contributed by atoms with E-state index in [0.29, 0.717) is 18.2 Å². The van der Waals surface area contributed by atoms with Gasteiger partial charge < -0.3 is 24.6 Å². The molecule has 2 fully saturated rings. The van der Waals surface area contributed by atoms with E-state index in [0.717, 1.165) is 29.8 Å². The summed E-state index contributed by atoms with van der Waals surface area (Å²) in [6, 6.07) is 15.7. The van der Waals surface area contributed by atoms with E-state index in [1.807, 2.05) is 48.5 Å². The maximum Gasteiger partial charge on any atom is 0.303 e. The zero-order valence-corrected chi connectivity index (χ0v) is 22.9. The van der Waals surface area contributed by atoms with Crippen LogP contribution in [0, 0.1) is 0 Å². The number of hydrogen-bond donors (Lipinski definition) is 2. The highest BCUT2D eigenvalue weighted by Crippen LogP contribution is 2.39. The van der Waals surface area contributed by atoms with Crippen LogP contribution in [0.1, 0.15) is 75.0 Å². The van der Waals surface area contributed by atoms with Gasteiger partial charge in [-0.25, -0.2) is 0 Å². The summed E-state index contributed by atoms with van der Waals surface area (Å²) in [5, 5.41) is 12.3. The van der Waals surface area contributed by atoms with Crippen LogP contribution < -0.4 is 5.32 Å². The molecule has 0 radical (unpaired) electrons. The first kappa shape index (κ1) is 29.0. The number of rotatable bonds is 11. The average Bonchev–Trinajstić information content (AvgIpc) is 3.48. The van der Waals surface area contributed by atoms with Crippen molar-refractivity contribution in [1.29, 1.82) is 0 Å². The normalized spacial score (nSPS) is 22.4. The maximum absolute atomic E-state index is 12.5. The largest absolute Gasteiger partial charge is 0.453 e. The van der Waals surface area contributed by atoms with Gasteiger partial charge in [-0.05, 0) is 43.0 Å². The lowest BCUT2D eigenvalue weighted by atomic mass is 9.99. The standard InChI is InChI=1S/C31H40N2O6/c1-4-16-33(27-10-5-6-11-27)19-28-18-29(24-14-12-23(20-34)13-15-24)39-31(38-28)25-8-7-9-26(17-25)32-30(36)21(2)37-22(3)35/h4,7-9,12-15,17,21,27-29,31,34H,1,5-6,10-11,16,18-20H2,2-3H3,(H,32,36). The van der Waals surface area contributed by atoms with Gasteiger partial charge in [0.15, 0.2) is 12.4 Å². The third kappa shape index (κ3) is 7.99. The molecule has 2 aromatic rings. The molecule has 0 aromatic heterocycles. The number of carbonyl (C=O) groups excluding carboxylic acids is 2. The topological polar surface area (TPSA) is 97.3 Å². The van der Waals surface area contributed by atoms with Crippen molar-refractivity contribution in [3.8, 4) is 0 Å². The molecule has 1 amide bonds. The molecular weight excluding hydrogens is 496 g/mol. The Hall–Kier alpha value is -3.04. The van der Waals surface area contributed by atoms with Gasteiger partial charge in [-0.1, -0.05) is 55.3 Å². The minimum atomic E-state index is -0.907. The van der Waals surface area contributed by atoms with Crippen LogP contribution in [0.2, 0.25) is 0 Å². The summed E-state index contributed by atoms with van der Waals surface area (Å²) in [5.41, 5.74) is 3.23. The number of anilines is 1. The Labute approximate surface area is 230 Å². The lowest BCUT2D eigenvalue weighted by Crippen LogP contribution is -2.43. The van der Waals surface area contributed by atoms with Crippen molar-refractivity contribution in [3.63, 3.8) is 0 Å². The highest BCUT2D eigenvalue weighted by Gasteiger charge is 2.34. The molecule has 39 heavy (non-hydrogen) atoms. The lowest BCUT2D eigenvalue weighted by molar-refractivity contribution is -0.253. The molecular formula is C31H40N2O6. The predicted octanol–water partition coefficient (Wildman–Crippen LogP) is 5.05. The molecule has 2 aliphatic rings. The van der Waals surface area contributed by atoms with Crippen molar-refractivity contribution in [3.05, 3.63) is 77.9 Å². The number of aliphatic hydroxyl groups is 1. The molecule has 1 saturated heterocycles. The molecule has 8 nitrogen and oxygen atoms in total. The van der Waals surface area contributed by atoms with Crippen molar-refractivity contribution in [2.24, 2.45) is 0 Å². The Morgan fingerprint density at radius 3 is 2.56 bits per heavy atom. The zero-order chi connectivity index (χ0) is 27.8. The second-order valence-corrected chi connectivity index (χ2v) is 10.4. The molecule has 4 unspecified atom stereocenters. The zero-order valence-electron chi connectivity index (χ0n) is 22.9. The van der Waals surface area contributed by atoms with Crippen LogP contribution in [0.4, 0.5) is 5.69 Å². The van der Waals surface area contributed by atoms with Gasteiger partial charge in [0.05, 0.1) is 18.8 Å². The Kier molecular flexibility index (Phi) is 10.3. The molecule has 2 N–H and O–H groups in total. The van der Waals surface area contributed by atoms with Crippen LogP contribution in [0.25, 0.3) is 0 Å². The molecule has 4 atom stereocenters. The lowest BCUT2D eigenvalue weighted by Gasteiger charge is -2.39. The van der Waals surface area contributed by atoms with Crippen molar-refractivity contribution < 1.29 is 28.9 Å². The molecule has 8 heteroatoms. The molecule has 1 aliphatic carbocycles. The first-order valence-electron chi connectivity index (χ1n) is 13.8. The molecule has 4 rings (SSSR count). The van der Waals surface area contributed by atoms with Gasteiger partial charge in [0.1, 0.15) is 0 Å². The van der Waals surface area contributed by atoms with Gasteiger partial charge in [0, 0.05) is 43.7 Å². The van der Waals surface area contributed by atoms with E-state index in [4.69, 9.17) is 14.2 Å². The van der Waals surface area contributed by atoms with Gasteiger partial charge >= 0.3 is 5.97 Å². The summed E-state index contributed by atoms with van der Waals surface area (Å²) in [7, 11) is 0. The number of aliphatic hydroxyl groups excluding tert-OH is 1. The third-order valence-electron chi connectivity index (χ3n) is 7.40. The number of esters is 1. The highest BCUT2D eigenvalue weighted by molar-refractivity contribution is 5.95. The molecule has 2 aromatic carbocycles. The predicted molar refractivity (Wildman–Crippen MR) is 149 cm³/mol. The van der Waals surface area contributed by atoms with Crippen molar-refractivity contribution >= 4 is 17.6 Å². The smallest absolute Gasteiger partial charge is 0.303 e. The number of nitrogens with one attached hydrogen (secondary N) is 1. The van der Waals surface area contributed by atoms with Crippen molar-refractivity contribution in [1.82, 2.24) is 4.90 Å². The van der Waals surface area contributed by atoms with E-state index in [9.17, 15) is 14.7 Å². The number of nitrogens with zero attached hydrogens (tertiary/aromatic N) is 1. The van der Waals surface area contributed by atoms with E-state index in [1.54, 1.807) is 6.07 Å². The summed E-state index contributed by atoms with van der Waals surface area (Å²) in [4.78, 5) is 26.2. The summed E-state index contributed by atoms with van der Waals surface area (Å²) >= 11 is 0. The van der Waals surface area contributed by atoms with E-state index in [-0.39, 0.29) is 18.8 Å². The highest BCUT2D eigenvalue weighted by atomic mass is 16.7. The third-order valence-corrected chi connectivity index (χ3v) is 7.40. The van der Waals surface area contributed by atoms with Crippen molar-refractivity contribution in [2.75, 3.05) is 18.4 Å². The second-order valence-electron chi connectivity index (χ2n) is 10.4. The van der Waals surface area contributed by atoms with E-state index >= 15 is 0 Å². The van der Waals surface area contributed by atoms with Crippen molar-refractivity contribution in [2.45, 2.75) is 83.2 Å². The SMILES string of the molecule is C=CCN(CC1CC(c2ccc(CO)cc2)OC(c2cccc(NC(=O)C(C)OC(C)=O)c2)O1)C1CCCC1. The van der Waals surface area contributed by atoms with E-state index in [2.05, 4.69) is 16.8 Å². The quantitative estimate of drug-likeness (QED) is 0.307. The fourth-order valence-corrected chi connectivity index (χ4v) is 5.41. The second kappa shape index (κ2) is 13.8. The summed E-state index contributed by atoms with van der Waals surface area (Å²) < 4.78 is 18.0. The minimum absolute atomic E-state index is 0.00729. The Morgan fingerprint density at radius 1 is 1.15 bits per heavy atom. The van der Waals surface area contributed by atoms with Crippen LogP contribution in [-0.4, -0.2) is 53.2 Å². The number of hydrogen-bond acceptors (Lipinski definition) is 7. The number of carbonyl (C=O) groups is 2. The number of benzene rings is 2. The molecule has 0 bridgehead atoms. The summed E-state index contributed by atoms with van der Waals surface area (Å²) in [5.74, 6) is -0.924. The van der Waals surface area contributed by atoms with Gasteiger partial charge in [-0.2, -0.15) is 0 Å². The van der Waals surface area contributed by atoms with Gasteiger partial charge in [-0.3, -0.25) is 14.5 Å². The maximum atomic E-state index is 12.5. The number of ether oxygens (including phenoxy) is 3.